The topological polar surface area (TPSA) is 102 Å². The summed E-state index contributed by atoms with van der Waals surface area (Å²) in [5.41, 5.74) is -0.0850. The Morgan fingerprint density at radius 3 is 2.58 bits per heavy atom. The van der Waals surface area contributed by atoms with Gasteiger partial charge in [0.05, 0.1) is 18.6 Å². The maximum absolute atomic E-state index is 14.0. The number of hydrogen-bond donors (Lipinski definition) is 1. The molecule has 2 aromatic carbocycles. The van der Waals surface area contributed by atoms with Crippen molar-refractivity contribution >= 4 is 29.8 Å². The van der Waals surface area contributed by atoms with Gasteiger partial charge in [-0.25, -0.2) is 0 Å². The molecule has 2 amide bonds. The van der Waals surface area contributed by atoms with Crippen molar-refractivity contribution in [3.8, 4) is 0 Å². The number of likely N-dealkylation sites (tertiary alicyclic amines) is 1. The maximum Gasteiger partial charge on any atom is 0.302 e. The molecule has 3 fully saturated rings. The van der Waals surface area contributed by atoms with E-state index < -0.39 is 46.7 Å². The number of ether oxygens (including phenoxy) is 2. The number of benzene rings is 2. The number of amides is 2. The van der Waals surface area contributed by atoms with Gasteiger partial charge < -0.3 is 24.5 Å². The summed E-state index contributed by atoms with van der Waals surface area (Å²) >= 11 is 0. The molecule has 8 nitrogen and oxygen atoms in total. The van der Waals surface area contributed by atoms with Gasteiger partial charge in [-0.3, -0.25) is 14.4 Å². The van der Waals surface area contributed by atoms with Crippen LogP contribution >= 0.6 is 0 Å². The number of carbonyl (C=O) groups is 4. The summed E-state index contributed by atoms with van der Waals surface area (Å²) < 4.78 is 12.1. The van der Waals surface area contributed by atoms with E-state index in [-0.39, 0.29) is 24.8 Å². The predicted octanol–water partition coefficient (Wildman–Crippen LogP) is 2.32. The van der Waals surface area contributed by atoms with Crippen molar-refractivity contribution in [1.29, 1.82) is 0 Å². The molecule has 0 unspecified atom stereocenters. The zero-order valence-electron chi connectivity index (χ0n) is 20.2. The average Bonchev–Trinajstić information content (AvgIpc) is 3.35. The minimum atomic E-state index is -1.31. The van der Waals surface area contributed by atoms with Gasteiger partial charge >= 0.3 is 5.97 Å². The first-order valence-corrected chi connectivity index (χ1v) is 12.3. The highest BCUT2D eigenvalue weighted by Gasteiger charge is 2.83. The lowest BCUT2D eigenvalue weighted by Crippen LogP contribution is -2.63. The number of nitrogens with zero attached hydrogens (tertiary/aromatic N) is 1. The molecule has 2 aliphatic carbocycles. The fraction of sp³-hybridized carbons (Fsp3) is 0.429. The smallest absolute Gasteiger partial charge is 0.302 e. The third kappa shape index (κ3) is 2.73. The van der Waals surface area contributed by atoms with E-state index in [1.165, 1.54) is 6.92 Å². The van der Waals surface area contributed by atoms with Crippen LogP contribution in [0.3, 0.4) is 0 Å². The molecule has 0 aromatic heterocycles. The molecular weight excluding hydrogens is 460 g/mol. The number of rotatable bonds is 6. The lowest BCUT2D eigenvalue weighted by atomic mass is 9.51. The van der Waals surface area contributed by atoms with E-state index in [9.17, 15) is 19.2 Å². The van der Waals surface area contributed by atoms with Crippen LogP contribution in [-0.2, 0) is 40.7 Å². The summed E-state index contributed by atoms with van der Waals surface area (Å²) in [6, 6.07) is 16.5. The molecule has 8 heteroatoms. The number of carbonyl (C=O) groups excluding carboxylic acids is 4. The fourth-order valence-electron chi connectivity index (χ4n) is 7.85. The molecule has 1 saturated heterocycles. The second kappa shape index (κ2) is 8.00. The predicted molar refractivity (Wildman–Crippen MR) is 129 cm³/mol. The Labute approximate surface area is 208 Å². The third-order valence-corrected chi connectivity index (χ3v) is 8.96. The minimum absolute atomic E-state index is 0.0746. The monoisotopic (exact) mass is 488 g/mol. The largest absolute Gasteiger partial charge is 0.461 e. The SMILES string of the molecule is CC(=O)O[C@@H]1C[C@@H]2[C@@H](C=O)[C@@H]3[C@H]([C@@]2(COCc2ccccc2)C(=O)N3C)[C@@]12C(=O)Nc1ccccc12. The number of piperidine rings is 1. The number of anilines is 1. The van der Waals surface area contributed by atoms with Crippen LogP contribution in [0.25, 0.3) is 0 Å². The molecule has 2 saturated carbocycles. The van der Waals surface area contributed by atoms with Crippen LogP contribution in [-0.4, -0.2) is 54.8 Å². The molecule has 2 aliphatic heterocycles. The summed E-state index contributed by atoms with van der Waals surface area (Å²) in [6.07, 6.45) is 0.335. The van der Waals surface area contributed by atoms with E-state index in [1.807, 2.05) is 54.6 Å². The van der Waals surface area contributed by atoms with Gasteiger partial charge in [0.2, 0.25) is 11.8 Å². The van der Waals surface area contributed by atoms with Crippen LogP contribution in [0.4, 0.5) is 5.69 Å². The molecule has 2 heterocycles. The number of fused-ring (bicyclic) bond motifs is 2. The maximum atomic E-state index is 14.0. The van der Waals surface area contributed by atoms with Gasteiger partial charge in [-0.15, -0.1) is 0 Å². The number of esters is 1. The third-order valence-electron chi connectivity index (χ3n) is 8.96. The zero-order valence-corrected chi connectivity index (χ0v) is 20.2. The summed E-state index contributed by atoms with van der Waals surface area (Å²) in [6.45, 7) is 1.70. The molecule has 4 aliphatic rings. The van der Waals surface area contributed by atoms with Gasteiger partial charge in [-0.1, -0.05) is 48.5 Å². The Morgan fingerprint density at radius 2 is 1.86 bits per heavy atom. The molecule has 2 aromatic rings. The average molecular weight is 489 g/mol. The van der Waals surface area contributed by atoms with E-state index in [0.29, 0.717) is 17.9 Å². The highest BCUT2D eigenvalue weighted by Crippen LogP contribution is 2.71. The van der Waals surface area contributed by atoms with Crippen molar-refractivity contribution in [2.75, 3.05) is 19.0 Å². The lowest BCUT2D eigenvalue weighted by molar-refractivity contribution is -0.173. The van der Waals surface area contributed by atoms with Gasteiger partial charge in [-0.2, -0.15) is 0 Å². The second-order valence-electron chi connectivity index (χ2n) is 10.4. The fourth-order valence-corrected chi connectivity index (χ4v) is 7.85. The van der Waals surface area contributed by atoms with Crippen LogP contribution in [0.2, 0.25) is 0 Å². The minimum Gasteiger partial charge on any atom is -0.461 e. The van der Waals surface area contributed by atoms with Crippen LogP contribution in [0.15, 0.2) is 54.6 Å². The Hall–Kier alpha value is -3.52. The zero-order chi connectivity index (χ0) is 25.2. The van der Waals surface area contributed by atoms with E-state index in [1.54, 1.807) is 11.9 Å². The molecule has 1 spiro atoms. The molecular formula is C28H28N2O6. The standard InChI is InChI=1S/C28H28N2O6/c1-16(32)36-22-12-20-18(13-31)23-24(28(22)19-10-6-7-11-21(19)29-25(28)33)27(20,26(34)30(23)2)15-35-14-17-8-4-3-5-9-17/h3-11,13,18,20,22-24H,12,14-15H2,1-2H3,(H,29,33)/t18-,20-,22-,23-,24-,27+,28+/m1/s1. The number of aldehydes is 1. The Morgan fingerprint density at radius 1 is 1.14 bits per heavy atom. The van der Waals surface area contributed by atoms with Gasteiger partial charge in [-0.05, 0) is 29.5 Å². The van der Waals surface area contributed by atoms with Crippen molar-refractivity contribution in [3.63, 3.8) is 0 Å². The number of nitrogens with one attached hydrogen (secondary N) is 1. The molecule has 1 N–H and O–H groups in total. The van der Waals surface area contributed by atoms with Gasteiger partial charge in [0.25, 0.3) is 0 Å². The Kier molecular flexibility index (Phi) is 5.09. The first kappa shape index (κ1) is 22.9. The molecule has 0 radical (unpaired) electrons. The van der Waals surface area contributed by atoms with Gasteiger partial charge in [0.1, 0.15) is 17.8 Å². The van der Waals surface area contributed by atoms with Crippen molar-refractivity contribution in [3.05, 3.63) is 65.7 Å². The quantitative estimate of drug-likeness (QED) is 0.495. The van der Waals surface area contributed by atoms with E-state index in [4.69, 9.17) is 9.47 Å². The van der Waals surface area contributed by atoms with Crippen LogP contribution < -0.4 is 5.32 Å². The summed E-state index contributed by atoms with van der Waals surface area (Å²) in [5.74, 6) is -2.41. The van der Waals surface area contributed by atoms with E-state index in [0.717, 1.165) is 11.8 Å². The second-order valence-corrected chi connectivity index (χ2v) is 10.4. The lowest BCUT2D eigenvalue weighted by Gasteiger charge is -2.51. The van der Waals surface area contributed by atoms with Crippen molar-refractivity contribution in [2.45, 2.75) is 37.5 Å². The summed E-state index contributed by atoms with van der Waals surface area (Å²) in [4.78, 5) is 54.3. The molecule has 4 bridgehead atoms. The van der Waals surface area contributed by atoms with Crippen LogP contribution in [0, 0.1) is 23.2 Å². The highest BCUT2D eigenvalue weighted by atomic mass is 16.5. The molecule has 186 valence electrons. The van der Waals surface area contributed by atoms with Crippen LogP contribution in [0.5, 0.6) is 0 Å². The normalized spacial score (nSPS) is 35.6. The van der Waals surface area contributed by atoms with E-state index in [2.05, 4.69) is 5.32 Å². The summed E-state index contributed by atoms with van der Waals surface area (Å²) in [7, 11) is 1.70. The van der Waals surface area contributed by atoms with Gasteiger partial charge in [0, 0.05) is 37.5 Å². The van der Waals surface area contributed by atoms with Crippen LogP contribution in [0.1, 0.15) is 24.5 Å². The Balaban J connectivity index is 1.52. The van der Waals surface area contributed by atoms with Gasteiger partial charge in [0.15, 0.2) is 0 Å². The number of para-hydroxylation sites is 1. The molecule has 6 rings (SSSR count). The van der Waals surface area contributed by atoms with Crippen molar-refractivity contribution < 1.29 is 28.7 Å². The number of hydrogen-bond acceptors (Lipinski definition) is 6. The molecule has 36 heavy (non-hydrogen) atoms. The van der Waals surface area contributed by atoms with Crippen molar-refractivity contribution in [1.82, 2.24) is 4.90 Å². The first-order valence-electron chi connectivity index (χ1n) is 12.3. The highest BCUT2D eigenvalue weighted by molar-refractivity contribution is 6.09. The van der Waals surface area contributed by atoms with Crippen molar-refractivity contribution in [2.24, 2.45) is 23.2 Å². The summed E-state index contributed by atoms with van der Waals surface area (Å²) in [5, 5.41) is 2.99. The first-order chi connectivity index (χ1) is 17.4. The Bertz CT molecular complexity index is 1260. The van der Waals surface area contributed by atoms with E-state index >= 15 is 0 Å². The molecule has 7 atom stereocenters.